The van der Waals surface area contributed by atoms with Gasteiger partial charge >= 0.3 is 6.09 Å². The molecule has 2 amide bonds. The Morgan fingerprint density at radius 3 is 2.80 bits per heavy atom. The third-order valence-electron chi connectivity index (χ3n) is 5.01. The molecule has 1 aromatic heterocycles. The quantitative estimate of drug-likeness (QED) is 0.800. The van der Waals surface area contributed by atoms with Crippen LogP contribution in [0, 0.1) is 20.8 Å². The average molecular weight is 339 g/mol. The van der Waals surface area contributed by atoms with E-state index in [2.05, 4.69) is 11.1 Å². The van der Waals surface area contributed by atoms with Crippen LogP contribution < -0.4 is 0 Å². The Bertz CT molecular complexity index is 888. The highest BCUT2D eigenvalue weighted by molar-refractivity contribution is 6.07. The predicted octanol–water partition coefficient (Wildman–Crippen LogP) is 2.44. The van der Waals surface area contributed by atoms with Gasteiger partial charge in [0.2, 0.25) is 0 Å². The van der Waals surface area contributed by atoms with Gasteiger partial charge in [-0.25, -0.2) is 4.79 Å². The van der Waals surface area contributed by atoms with Crippen molar-refractivity contribution in [3.8, 4) is 0 Å². The van der Waals surface area contributed by atoms with E-state index >= 15 is 0 Å². The second-order valence-corrected chi connectivity index (χ2v) is 6.96. The molecule has 2 aliphatic heterocycles. The van der Waals surface area contributed by atoms with Gasteiger partial charge in [0.1, 0.15) is 6.61 Å². The number of hydrogen-bond acceptors (Lipinski definition) is 4. The van der Waals surface area contributed by atoms with Crippen LogP contribution in [0.4, 0.5) is 4.79 Å². The molecule has 2 fully saturated rings. The van der Waals surface area contributed by atoms with Crippen LogP contribution in [0.1, 0.15) is 27.2 Å². The van der Waals surface area contributed by atoms with Crippen LogP contribution in [-0.4, -0.2) is 59.1 Å². The van der Waals surface area contributed by atoms with E-state index in [-0.39, 0.29) is 18.0 Å². The molecule has 0 aliphatic carbocycles. The van der Waals surface area contributed by atoms with E-state index in [1.807, 2.05) is 37.8 Å². The van der Waals surface area contributed by atoms with Crippen LogP contribution >= 0.6 is 0 Å². The maximum Gasteiger partial charge on any atom is 0.410 e. The number of nitrogens with zero attached hydrogens (tertiary/aromatic N) is 3. The summed E-state index contributed by atoms with van der Waals surface area (Å²) in [5.41, 5.74) is 4.58. The summed E-state index contributed by atoms with van der Waals surface area (Å²) < 4.78 is 5.09. The predicted molar refractivity (Wildman–Crippen MR) is 93.7 cm³/mol. The monoisotopic (exact) mass is 339 g/mol. The minimum Gasteiger partial charge on any atom is -0.447 e. The summed E-state index contributed by atoms with van der Waals surface area (Å²) in [4.78, 5) is 33.0. The number of carbonyl (C=O) groups is 2. The van der Waals surface area contributed by atoms with Crippen LogP contribution in [-0.2, 0) is 4.74 Å². The molecule has 130 valence electrons. The number of pyridine rings is 1. The van der Waals surface area contributed by atoms with Gasteiger partial charge in [-0.05, 0) is 44.0 Å². The Labute approximate surface area is 146 Å². The minimum atomic E-state index is -0.270. The molecule has 6 nitrogen and oxygen atoms in total. The van der Waals surface area contributed by atoms with Crippen LogP contribution in [0.25, 0.3) is 10.9 Å². The largest absolute Gasteiger partial charge is 0.447 e. The Balaban J connectivity index is 1.72. The molecule has 3 heterocycles. The second-order valence-electron chi connectivity index (χ2n) is 6.96. The number of cyclic esters (lactones) is 1. The summed E-state index contributed by atoms with van der Waals surface area (Å²) in [7, 11) is 0. The molecule has 2 saturated heterocycles. The standard InChI is InChI=1S/C19H21N3O3/c1-11-6-12(2)17-15(8-13(3)20-16(17)7-11)18(23)21-4-5-22-14(9-21)10-25-19(22)24/h6-8,14H,4-5,9-10H2,1-3H3/t14-/m1/s1. The van der Waals surface area contributed by atoms with Crippen molar-refractivity contribution < 1.29 is 14.3 Å². The highest BCUT2D eigenvalue weighted by atomic mass is 16.6. The maximum absolute atomic E-state index is 13.2. The summed E-state index contributed by atoms with van der Waals surface area (Å²) in [6.07, 6.45) is -0.270. The molecule has 2 aromatic rings. The number of rotatable bonds is 1. The smallest absolute Gasteiger partial charge is 0.410 e. The molecule has 0 bridgehead atoms. The van der Waals surface area contributed by atoms with E-state index in [4.69, 9.17) is 4.74 Å². The number of fused-ring (bicyclic) bond motifs is 2. The van der Waals surface area contributed by atoms with Crippen LogP contribution in [0.15, 0.2) is 18.2 Å². The fourth-order valence-corrected chi connectivity index (χ4v) is 3.90. The van der Waals surface area contributed by atoms with Gasteiger partial charge < -0.3 is 9.64 Å². The molecule has 0 radical (unpaired) electrons. The number of aromatic nitrogens is 1. The summed E-state index contributed by atoms with van der Waals surface area (Å²) in [6.45, 7) is 7.89. The molecule has 6 heteroatoms. The van der Waals surface area contributed by atoms with Crippen molar-refractivity contribution in [3.63, 3.8) is 0 Å². The average Bonchev–Trinajstić information content (AvgIpc) is 2.93. The summed E-state index contributed by atoms with van der Waals surface area (Å²) in [6, 6.07) is 5.93. The van der Waals surface area contributed by atoms with Crippen molar-refractivity contribution in [3.05, 3.63) is 40.6 Å². The molecule has 2 aliphatic rings. The van der Waals surface area contributed by atoms with E-state index in [0.29, 0.717) is 31.8 Å². The first-order chi connectivity index (χ1) is 11.9. The fraction of sp³-hybridized carbons (Fsp3) is 0.421. The lowest BCUT2D eigenvalue weighted by Crippen LogP contribution is -2.53. The van der Waals surface area contributed by atoms with Gasteiger partial charge in [0, 0.05) is 30.7 Å². The number of ether oxygens (including phenoxy) is 1. The van der Waals surface area contributed by atoms with Crippen LogP contribution in [0.2, 0.25) is 0 Å². The highest BCUT2D eigenvalue weighted by Crippen LogP contribution is 2.26. The molecule has 25 heavy (non-hydrogen) atoms. The number of benzene rings is 1. The zero-order chi connectivity index (χ0) is 17.7. The minimum absolute atomic E-state index is 0.00134. The summed E-state index contributed by atoms with van der Waals surface area (Å²) >= 11 is 0. The molecule has 1 atom stereocenters. The lowest BCUT2D eigenvalue weighted by Gasteiger charge is -2.35. The molecule has 0 saturated carbocycles. The number of amides is 2. The van der Waals surface area contributed by atoms with Crippen molar-refractivity contribution >= 4 is 22.9 Å². The van der Waals surface area contributed by atoms with Gasteiger partial charge in [-0.3, -0.25) is 14.7 Å². The lowest BCUT2D eigenvalue weighted by molar-refractivity contribution is 0.0618. The second kappa shape index (κ2) is 5.72. The van der Waals surface area contributed by atoms with Crippen molar-refractivity contribution in [2.24, 2.45) is 0 Å². The third kappa shape index (κ3) is 2.62. The number of carbonyl (C=O) groups excluding carboxylic acids is 2. The first-order valence-corrected chi connectivity index (χ1v) is 8.55. The Morgan fingerprint density at radius 2 is 2.00 bits per heavy atom. The number of aryl methyl sites for hydroxylation is 3. The Hall–Kier alpha value is -2.63. The molecule has 4 rings (SSSR count). The molecular formula is C19H21N3O3. The van der Waals surface area contributed by atoms with Crippen molar-refractivity contribution in [1.82, 2.24) is 14.8 Å². The van der Waals surface area contributed by atoms with E-state index in [1.54, 1.807) is 4.90 Å². The van der Waals surface area contributed by atoms with Crippen molar-refractivity contribution in [1.29, 1.82) is 0 Å². The first kappa shape index (κ1) is 15.9. The normalized spacial score (nSPS) is 20.0. The van der Waals surface area contributed by atoms with Gasteiger partial charge in [0.05, 0.1) is 17.1 Å². The summed E-state index contributed by atoms with van der Waals surface area (Å²) in [5.74, 6) is 0.00134. The van der Waals surface area contributed by atoms with Gasteiger partial charge in [0.15, 0.2) is 0 Å². The lowest BCUT2D eigenvalue weighted by atomic mass is 9.99. The number of piperazine rings is 1. The Kier molecular flexibility index (Phi) is 3.63. The first-order valence-electron chi connectivity index (χ1n) is 8.55. The topological polar surface area (TPSA) is 62.7 Å². The molecule has 0 unspecified atom stereocenters. The zero-order valence-electron chi connectivity index (χ0n) is 14.7. The Morgan fingerprint density at radius 1 is 1.20 bits per heavy atom. The third-order valence-corrected chi connectivity index (χ3v) is 5.01. The van der Waals surface area contributed by atoms with E-state index in [9.17, 15) is 9.59 Å². The fourth-order valence-electron chi connectivity index (χ4n) is 3.90. The van der Waals surface area contributed by atoms with Crippen molar-refractivity contribution in [2.75, 3.05) is 26.2 Å². The van der Waals surface area contributed by atoms with Crippen molar-refractivity contribution in [2.45, 2.75) is 26.8 Å². The summed E-state index contributed by atoms with van der Waals surface area (Å²) in [5, 5.41) is 0.919. The van der Waals surface area contributed by atoms with Crippen LogP contribution in [0.5, 0.6) is 0 Å². The SMILES string of the molecule is Cc1cc(C)c2c(C(=O)N3CCN4C(=O)OC[C@H]4C3)cc(C)nc2c1. The highest BCUT2D eigenvalue weighted by Gasteiger charge is 2.39. The van der Waals surface area contributed by atoms with E-state index in [1.165, 1.54) is 0 Å². The number of hydrogen-bond donors (Lipinski definition) is 0. The van der Waals surface area contributed by atoms with Gasteiger partial charge in [-0.15, -0.1) is 0 Å². The molecule has 1 aromatic carbocycles. The van der Waals surface area contributed by atoms with Gasteiger partial charge in [0.25, 0.3) is 5.91 Å². The van der Waals surface area contributed by atoms with Crippen LogP contribution in [0.3, 0.4) is 0 Å². The zero-order valence-corrected chi connectivity index (χ0v) is 14.7. The van der Waals surface area contributed by atoms with E-state index in [0.717, 1.165) is 27.7 Å². The van der Waals surface area contributed by atoms with Gasteiger partial charge in [-0.1, -0.05) is 6.07 Å². The molecule has 0 spiro atoms. The molecular weight excluding hydrogens is 318 g/mol. The van der Waals surface area contributed by atoms with Gasteiger partial charge in [-0.2, -0.15) is 0 Å². The molecule has 0 N–H and O–H groups in total. The maximum atomic E-state index is 13.2. The van der Waals surface area contributed by atoms with E-state index < -0.39 is 0 Å².